The first-order valence-electron chi connectivity index (χ1n) is 11.2. The van der Waals surface area contributed by atoms with E-state index in [9.17, 15) is 9.59 Å². The average molecular weight is 411 g/mol. The van der Waals surface area contributed by atoms with Crippen molar-refractivity contribution in [2.75, 3.05) is 31.1 Å². The number of nitrogens with zero attached hydrogens (tertiary/aromatic N) is 1. The van der Waals surface area contributed by atoms with Crippen LogP contribution in [-0.2, 0) is 0 Å². The molecule has 1 aliphatic heterocycles. The van der Waals surface area contributed by atoms with E-state index in [-0.39, 0.29) is 11.8 Å². The maximum Gasteiger partial charge on any atom is 0.258 e. The topological polar surface area (TPSA) is 101 Å². The lowest BCUT2D eigenvalue weighted by Gasteiger charge is -2.28. The van der Waals surface area contributed by atoms with Crippen LogP contribution in [0.5, 0.6) is 0 Å². The van der Waals surface area contributed by atoms with Gasteiger partial charge in [0.15, 0.2) is 0 Å². The van der Waals surface area contributed by atoms with E-state index in [4.69, 9.17) is 11.5 Å². The van der Waals surface area contributed by atoms with Crippen molar-refractivity contribution in [3.05, 3.63) is 41.5 Å². The molecular weight excluding hydrogens is 376 g/mol. The zero-order valence-electron chi connectivity index (χ0n) is 17.8. The Labute approximate surface area is 179 Å². The molecule has 0 spiro atoms. The van der Waals surface area contributed by atoms with E-state index in [1.54, 1.807) is 6.07 Å². The van der Waals surface area contributed by atoms with Gasteiger partial charge in [0.05, 0.1) is 0 Å². The van der Waals surface area contributed by atoms with Gasteiger partial charge in [-0.15, -0.1) is 0 Å². The lowest BCUT2D eigenvalue weighted by atomic mass is 9.93. The summed E-state index contributed by atoms with van der Waals surface area (Å²) in [4.78, 5) is 27.1. The number of amides is 2. The molecule has 0 aliphatic carbocycles. The van der Waals surface area contributed by atoms with E-state index in [1.165, 1.54) is 0 Å². The average Bonchev–Trinajstić information content (AvgIpc) is 2.75. The van der Waals surface area contributed by atoms with E-state index in [0.717, 1.165) is 94.0 Å². The smallest absolute Gasteiger partial charge is 0.258 e. The molecule has 0 bridgehead atoms. The Kier molecular flexibility index (Phi) is 8.22. The second-order valence-electron chi connectivity index (χ2n) is 8.04. The highest BCUT2D eigenvalue weighted by Crippen LogP contribution is 2.34. The molecule has 0 aromatic heterocycles. The molecule has 0 saturated heterocycles. The van der Waals surface area contributed by atoms with Gasteiger partial charge in [0.1, 0.15) is 0 Å². The standard InChI is InChI=1S/C24H34N4O2/c25-14-5-1-3-7-16-28(17-8-4-2-6-15-26)21-13-12-20-22-18(21)10-9-11-19(22)23(29)27-24(20)30/h9-13H,1-8,14-17,25-26H2,(H,27,29,30). The van der Waals surface area contributed by atoms with Crippen molar-refractivity contribution in [1.82, 2.24) is 5.32 Å². The minimum Gasteiger partial charge on any atom is -0.371 e. The maximum atomic E-state index is 12.3. The predicted molar refractivity (Wildman–Crippen MR) is 123 cm³/mol. The molecule has 0 saturated carbocycles. The van der Waals surface area contributed by atoms with Crippen LogP contribution in [0.4, 0.5) is 5.69 Å². The third kappa shape index (κ3) is 5.18. The Balaban J connectivity index is 1.85. The minimum atomic E-state index is -0.314. The molecule has 5 N–H and O–H groups in total. The van der Waals surface area contributed by atoms with Gasteiger partial charge in [-0.25, -0.2) is 0 Å². The molecule has 0 fully saturated rings. The van der Waals surface area contributed by atoms with Crippen LogP contribution >= 0.6 is 0 Å². The van der Waals surface area contributed by atoms with E-state index in [2.05, 4.69) is 10.2 Å². The molecule has 2 amide bonds. The number of benzene rings is 2. The molecule has 1 aliphatic rings. The summed E-state index contributed by atoms with van der Waals surface area (Å²) in [7, 11) is 0. The predicted octanol–water partition coefficient (Wildman–Crippen LogP) is 3.57. The number of carbonyl (C=O) groups excluding carboxylic acids is 2. The summed E-state index contributed by atoms with van der Waals surface area (Å²) in [5, 5.41) is 4.20. The largest absolute Gasteiger partial charge is 0.371 e. The first-order valence-corrected chi connectivity index (χ1v) is 11.2. The highest BCUT2D eigenvalue weighted by molar-refractivity contribution is 6.26. The maximum absolute atomic E-state index is 12.3. The van der Waals surface area contributed by atoms with Crippen LogP contribution in [0.15, 0.2) is 30.3 Å². The molecule has 0 unspecified atom stereocenters. The van der Waals surface area contributed by atoms with Crippen LogP contribution in [0, 0.1) is 0 Å². The fourth-order valence-corrected chi connectivity index (χ4v) is 4.24. The Morgan fingerprint density at radius 1 is 0.700 bits per heavy atom. The van der Waals surface area contributed by atoms with Gasteiger partial charge < -0.3 is 16.4 Å². The van der Waals surface area contributed by atoms with Crippen molar-refractivity contribution >= 4 is 28.3 Å². The fourth-order valence-electron chi connectivity index (χ4n) is 4.24. The molecule has 0 radical (unpaired) electrons. The van der Waals surface area contributed by atoms with Crippen molar-refractivity contribution in [2.24, 2.45) is 11.5 Å². The third-order valence-corrected chi connectivity index (χ3v) is 5.84. The van der Waals surface area contributed by atoms with Crippen LogP contribution in [0.1, 0.15) is 72.1 Å². The minimum absolute atomic E-state index is 0.314. The van der Waals surface area contributed by atoms with Gasteiger partial charge in [-0.05, 0) is 57.0 Å². The second kappa shape index (κ2) is 11.1. The van der Waals surface area contributed by atoms with Crippen molar-refractivity contribution < 1.29 is 9.59 Å². The van der Waals surface area contributed by atoms with Gasteiger partial charge >= 0.3 is 0 Å². The highest BCUT2D eigenvalue weighted by Gasteiger charge is 2.26. The van der Waals surface area contributed by atoms with Crippen LogP contribution in [0.3, 0.4) is 0 Å². The van der Waals surface area contributed by atoms with Gasteiger partial charge in [0.25, 0.3) is 11.8 Å². The van der Waals surface area contributed by atoms with Gasteiger partial charge in [0.2, 0.25) is 0 Å². The molecule has 1 heterocycles. The molecule has 6 nitrogen and oxygen atoms in total. The normalized spacial score (nSPS) is 13.0. The van der Waals surface area contributed by atoms with Crippen LogP contribution < -0.4 is 21.7 Å². The van der Waals surface area contributed by atoms with Crippen molar-refractivity contribution in [1.29, 1.82) is 0 Å². The lowest BCUT2D eigenvalue weighted by molar-refractivity contribution is 0.0845. The monoisotopic (exact) mass is 410 g/mol. The summed E-state index contributed by atoms with van der Waals surface area (Å²) in [5.74, 6) is -0.629. The van der Waals surface area contributed by atoms with E-state index < -0.39 is 0 Å². The molecule has 6 heteroatoms. The third-order valence-electron chi connectivity index (χ3n) is 5.84. The Hall–Kier alpha value is -2.44. The number of nitrogens with one attached hydrogen (secondary N) is 1. The Morgan fingerprint density at radius 3 is 1.87 bits per heavy atom. The molecule has 3 rings (SSSR count). The van der Waals surface area contributed by atoms with E-state index in [0.29, 0.717) is 11.1 Å². The number of nitrogens with two attached hydrogens (primary N) is 2. The van der Waals surface area contributed by atoms with E-state index >= 15 is 0 Å². The summed E-state index contributed by atoms with van der Waals surface area (Å²) in [6.07, 6.45) is 8.95. The van der Waals surface area contributed by atoms with Crippen molar-refractivity contribution in [3.63, 3.8) is 0 Å². The zero-order valence-corrected chi connectivity index (χ0v) is 17.8. The number of hydrogen-bond donors (Lipinski definition) is 3. The number of imide groups is 1. The summed E-state index contributed by atoms with van der Waals surface area (Å²) < 4.78 is 0. The lowest BCUT2D eigenvalue weighted by Crippen LogP contribution is -2.35. The van der Waals surface area contributed by atoms with Gasteiger partial charge in [-0.1, -0.05) is 37.8 Å². The number of rotatable bonds is 13. The molecule has 0 atom stereocenters. The number of carbonyl (C=O) groups is 2. The zero-order chi connectivity index (χ0) is 21.3. The summed E-state index contributed by atoms with van der Waals surface area (Å²) >= 11 is 0. The highest BCUT2D eigenvalue weighted by atomic mass is 16.2. The van der Waals surface area contributed by atoms with E-state index in [1.807, 2.05) is 24.3 Å². The number of unbranched alkanes of at least 4 members (excludes halogenated alkanes) is 6. The van der Waals surface area contributed by atoms with Gasteiger partial charge in [-0.3, -0.25) is 14.9 Å². The molecule has 30 heavy (non-hydrogen) atoms. The second-order valence-corrected chi connectivity index (χ2v) is 8.04. The summed E-state index contributed by atoms with van der Waals surface area (Å²) in [6, 6.07) is 9.62. The van der Waals surface area contributed by atoms with Crippen LogP contribution in [0.2, 0.25) is 0 Å². The molecule has 162 valence electrons. The Morgan fingerprint density at radius 2 is 1.27 bits per heavy atom. The van der Waals surface area contributed by atoms with Crippen LogP contribution in [0.25, 0.3) is 10.8 Å². The molecule has 2 aromatic carbocycles. The van der Waals surface area contributed by atoms with Gasteiger partial charge in [0, 0.05) is 40.7 Å². The van der Waals surface area contributed by atoms with Gasteiger partial charge in [-0.2, -0.15) is 0 Å². The summed E-state index contributed by atoms with van der Waals surface area (Å²) in [6.45, 7) is 3.41. The number of anilines is 1. The molecular formula is C24H34N4O2. The van der Waals surface area contributed by atoms with Crippen LogP contribution in [-0.4, -0.2) is 38.0 Å². The Bertz CT molecular complexity index is 847. The fraction of sp³-hybridized carbons (Fsp3) is 0.500. The SMILES string of the molecule is NCCCCCCN(CCCCCCN)c1ccc2c3c(cccc13)C(=O)NC2=O. The molecule has 2 aromatic rings. The first-order chi connectivity index (χ1) is 14.7. The van der Waals surface area contributed by atoms with Crippen molar-refractivity contribution in [3.8, 4) is 0 Å². The first kappa shape index (κ1) is 22.2. The van der Waals surface area contributed by atoms with Crippen molar-refractivity contribution in [2.45, 2.75) is 51.4 Å². The number of hydrogen-bond acceptors (Lipinski definition) is 5. The quantitative estimate of drug-likeness (QED) is 0.346. The summed E-state index contributed by atoms with van der Waals surface area (Å²) in [5.41, 5.74) is 13.5.